The molecule has 0 unspecified atom stereocenters. The van der Waals surface area contributed by atoms with Crippen molar-refractivity contribution in [1.29, 1.82) is 5.26 Å². The quantitative estimate of drug-likeness (QED) is 0.834. The Morgan fingerprint density at radius 1 is 1.33 bits per heavy atom. The van der Waals surface area contributed by atoms with Crippen molar-refractivity contribution < 1.29 is 17.6 Å². The molecule has 92 valence electrons. The Labute approximate surface area is 104 Å². The van der Waals surface area contributed by atoms with E-state index in [2.05, 4.69) is 4.98 Å². The second kappa shape index (κ2) is 4.74. The van der Waals surface area contributed by atoms with Crippen LogP contribution in [0.4, 0.5) is 13.2 Å². The second-order valence-electron chi connectivity index (χ2n) is 3.22. The molecule has 0 radical (unpaired) electrons. The van der Waals surface area contributed by atoms with Crippen LogP contribution in [0.5, 0.6) is 0 Å². The number of alkyl halides is 3. The highest BCUT2D eigenvalue weighted by Gasteiger charge is 2.31. The van der Waals surface area contributed by atoms with Crippen molar-refractivity contribution in [3.8, 4) is 6.07 Å². The van der Waals surface area contributed by atoms with Gasteiger partial charge in [0.25, 0.3) is 5.22 Å². The summed E-state index contributed by atoms with van der Waals surface area (Å²) in [7, 11) is 0. The smallest absolute Gasteiger partial charge is 0.416 e. The van der Waals surface area contributed by atoms with Crippen LogP contribution in [0.25, 0.3) is 0 Å². The molecule has 0 bridgehead atoms. The minimum Gasteiger partial charge on any atom is -0.440 e. The van der Waals surface area contributed by atoms with Crippen LogP contribution in [0.2, 0.25) is 0 Å². The van der Waals surface area contributed by atoms with E-state index in [9.17, 15) is 13.2 Å². The molecule has 0 amide bonds. The molecule has 0 fully saturated rings. The van der Waals surface area contributed by atoms with Gasteiger partial charge in [0.05, 0.1) is 17.3 Å². The molecular formula is C11H5F3N2OS. The largest absolute Gasteiger partial charge is 0.440 e. The van der Waals surface area contributed by atoms with Gasteiger partial charge in [-0.25, -0.2) is 4.98 Å². The number of aromatic nitrogens is 1. The van der Waals surface area contributed by atoms with Gasteiger partial charge in [0.15, 0.2) is 0 Å². The van der Waals surface area contributed by atoms with Gasteiger partial charge >= 0.3 is 6.18 Å². The third kappa shape index (κ3) is 2.65. The first-order valence-electron chi connectivity index (χ1n) is 4.69. The molecule has 1 aromatic carbocycles. The Kier molecular flexibility index (Phi) is 3.30. The van der Waals surface area contributed by atoms with E-state index in [1.54, 1.807) is 6.07 Å². The molecule has 2 aromatic rings. The third-order valence-electron chi connectivity index (χ3n) is 2.03. The van der Waals surface area contributed by atoms with Crippen LogP contribution in [0.3, 0.4) is 0 Å². The van der Waals surface area contributed by atoms with Gasteiger partial charge in [-0.3, -0.25) is 0 Å². The lowest BCUT2D eigenvalue weighted by Crippen LogP contribution is -2.05. The lowest BCUT2D eigenvalue weighted by Gasteiger charge is -2.08. The molecule has 0 spiro atoms. The van der Waals surface area contributed by atoms with Crippen LogP contribution >= 0.6 is 11.8 Å². The van der Waals surface area contributed by atoms with Gasteiger partial charge in [-0.1, -0.05) is 0 Å². The second-order valence-corrected chi connectivity index (χ2v) is 4.21. The molecule has 0 saturated carbocycles. The maximum atomic E-state index is 12.5. The van der Waals surface area contributed by atoms with Crippen LogP contribution < -0.4 is 0 Å². The van der Waals surface area contributed by atoms with Crippen molar-refractivity contribution in [2.45, 2.75) is 16.3 Å². The van der Waals surface area contributed by atoms with Crippen molar-refractivity contribution in [2.24, 2.45) is 0 Å². The molecule has 1 aromatic heterocycles. The zero-order valence-corrected chi connectivity index (χ0v) is 9.55. The molecule has 2 rings (SSSR count). The predicted molar refractivity (Wildman–Crippen MR) is 56.8 cm³/mol. The standard InChI is InChI=1S/C11H5F3N2OS/c12-11(13,14)8-1-2-9(7(5-8)6-15)18-10-16-3-4-17-10/h1-5H. The number of hydrogen-bond acceptors (Lipinski definition) is 4. The lowest BCUT2D eigenvalue weighted by atomic mass is 10.1. The number of nitrogens with zero attached hydrogens (tertiary/aromatic N) is 2. The zero-order chi connectivity index (χ0) is 13.2. The zero-order valence-electron chi connectivity index (χ0n) is 8.73. The van der Waals surface area contributed by atoms with Crippen molar-refractivity contribution in [1.82, 2.24) is 4.98 Å². The maximum Gasteiger partial charge on any atom is 0.416 e. The number of rotatable bonds is 2. The van der Waals surface area contributed by atoms with E-state index in [0.29, 0.717) is 4.90 Å². The molecule has 3 nitrogen and oxygen atoms in total. The van der Waals surface area contributed by atoms with E-state index in [1.165, 1.54) is 18.5 Å². The average Bonchev–Trinajstić information content (AvgIpc) is 2.81. The Morgan fingerprint density at radius 2 is 2.11 bits per heavy atom. The van der Waals surface area contributed by atoms with Crippen LogP contribution in [0, 0.1) is 11.3 Å². The summed E-state index contributed by atoms with van der Waals surface area (Å²) in [6, 6.07) is 4.70. The first kappa shape index (κ1) is 12.5. The third-order valence-corrected chi connectivity index (χ3v) is 2.99. The summed E-state index contributed by atoms with van der Waals surface area (Å²) in [5, 5.41) is 9.13. The van der Waals surface area contributed by atoms with Gasteiger partial charge in [0, 0.05) is 4.90 Å². The molecule has 1 heterocycles. The Hall–Kier alpha value is -1.94. The van der Waals surface area contributed by atoms with Crippen molar-refractivity contribution >= 4 is 11.8 Å². The first-order valence-corrected chi connectivity index (χ1v) is 5.51. The monoisotopic (exact) mass is 270 g/mol. The van der Waals surface area contributed by atoms with Gasteiger partial charge in [-0.05, 0) is 30.0 Å². The van der Waals surface area contributed by atoms with E-state index in [1.807, 2.05) is 0 Å². The molecule has 0 atom stereocenters. The van der Waals surface area contributed by atoms with E-state index < -0.39 is 11.7 Å². The SMILES string of the molecule is N#Cc1cc(C(F)(F)F)ccc1Sc1ncco1. The highest BCUT2D eigenvalue weighted by molar-refractivity contribution is 7.99. The van der Waals surface area contributed by atoms with Crippen molar-refractivity contribution in [3.05, 3.63) is 41.8 Å². The van der Waals surface area contributed by atoms with Gasteiger partial charge in [0.1, 0.15) is 12.3 Å². The van der Waals surface area contributed by atoms with E-state index in [0.717, 1.165) is 23.9 Å². The lowest BCUT2D eigenvalue weighted by molar-refractivity contribution is -0.137. The summed E-state index contributed by atoms with van der Waals surface area (Å²) >= 11 is 0.997. The predicted octanol–water partition coefficient (Wildman–Crippen LogP) is 3.72. The van der Waals surface area contributed by atoms with Gasteiger partial charge < -0.3 is 4.42 Å². The minimum atomic E-state index is -4.46. The maximum absolute atomic E-state index is 12.5. The minimum absolute atomic E-state index is 0.0620. The first-order chi connectivity index (χ1) is 8.50. The molecule has 0 aliphatic carbocycles. The number of hydrogen-bond donors (Lipinski definition) is 0. The van der Waals surface area contributed by atoms with E-state index in [4.69, 9.17) is 9.68 Å². The van der Waals surface area contributed by atoms with Crippen LogP contribution in [-0.2, 0) is 6.18 Å². The number of nitriles is 1. The number of oxazole rings is 1. The summed E-state index contributed by atoms with van der Waals surface area (Å²) in [4.78, 5) is 4.19. The molecular weight excluding hydrogens is 265 g/mol. The van der Waals surface area contributed by atoms with Crippen molar-refractivity contribution in [2.75, 3.05) is 0 Å². The van der Waals surface area contributed by atoms with Crippen molar-refractivity contribution in [3.63, 3.8) is 0 Å². The summed E-state index contributed by atoms with van der Waals surface area (Å²) < 4.78 is 42.4. The summed E-state index contributed by atoms with van der Waals surface area (Å²) in [6.07, 6.45) is -1.70. The number of benzene rings is 1. The fraction of sp³-hybridized carbons (Fsp3) is 0.0909. The van der Waals surface area contributed by atoms with Gasteiger partial charge in [0.2, 0.25) is 0 Å². The van der Waals surface area contributed by atoms with Crippen LogP contribution in [-0.4, -0.2) is 4.98 Å². The number of halogens is 3. The molecule has 7 heteroatoms. The van der Waals surface area contributed by atoms with E-state index in [-0.39, 0.29) is 10.8 Å². The molecule has 0 aliphatic heterocycles. The highest BCUT2D eigenvalue weighted by Crippen LogP contribution is 2.34. The summed E-state index contributed by atoms with van der Waals surface area (Å²) in [5.74, 6) is 0. The molecule has 18 heavy (non-hydrogen) atoms. The summed E-state index contributed by atoms with van der Waals surface area (Å²) in [5.41, 5.74) is -0.913. The molecule has 0 saturated heterocycles. The molecule has 0 N–H and O–H groups in total. The summed E-state index contributed by atoms with van der Waals surface area (Å²) in [6.45, 7) is 0. The average molecular weight is 270 g/mol. The highest BCUT2D eigenvalue weighted by atomic mass is 32.2. The Balaban J connectivity index is 2.36. The van der Waals surface area contributed by atoms with Gasteiger partial charge in [-0.2, -0.15) is 18.4 Å². The van der Waals surface area contributed by atoms with E-state index >= 15 is 0 Å². The van der Waals surface area contributed by atoms with Crippen LogP contribution in [0.1, 0.15) is 11.1 Å². The fourth-order valence-electron chi connectivity index (χ4n) is 1.24. The van der Waals surface area contributed by atoms with Crippen LogP contribution in [0.15, 0.2) is 45.2 Å². The Bertz CT molecular complexity index is 587. The Morgan fingerprint density at radius 3 is 2.67 bits per heavy atom. The topological polar surface area (TPSA) is 49.8 Å². The molecule has 0 aliphatic rings. The van der Waals surface area contributed by atoms with Gasteiger partial charge in [-0.15, -0.1) is 0 Å². The normalized spacial score (nSPS) is 11.2. The fourth-order valence-corrected chi connectivity index (χ4v) is 1.99.